The maximum atomic E-state index is 11.9. The fraction of sp³-hybridized carbons (Fsp3) is 0.500. The predicted octanol–water partition coefficient (Wildman–Crippen LogP) is 1.33. The zero-order valence-corrected chi connectivity index (χ0v) is 11.7. The maximum Gasteiger partial charge on any atom is 0.231 e. The van der Waals surface area contributed by atoms with Gasteiger partial charge in [0.05, 0.1) is 6.61 Å². The zero-order chi connectivity index (χ0) is 13.9. The number of hydrogen-bond acceptors (Lipinski definition) is 6. The Hall–Kier alpha value is -1.31. The molecule has 0 saturated carbocycles. The minimum atomic E-state index is -3.43. The Morgan fingerprint density at radius 1 is 1.26 bits per heavy atom. The molecule has 6 nitrogen and oxygen atoms in total. The summed E-state index contributed by atoms with van der Waals surface area (Å²) >= 11 is 0. The Labute approximate surface area is 112 Å². The summed E-state index contributed by atoms with van der Waals surface area (Å²) in [6.45, 7) is 2.68. The summed E-state index contributed by atoms with van der Waals surface area (Å²) in [5.74, 6) is 0.703. The lowest BCUT2D eigenvalue weighted by Crippen LogP contribution is -2.07. The molecule has 0 atom stereocenters. The van der Waals surface area contributed by atoms with Crippen LogP contribution in [0.5, 0.6) is 11.5 Å². The molecule has 2 rings (SSSR count). The first kappa shape index (κ1) is 14.1. The largest absolute Gasteiger partial charge is 0.454 e. The summed E-state index contributed by atoms with van der Waals surface area (Å²) in [5.41, 5.74) is 0.534. The predicted molar refractivity (Wildman–Crippen MR) is 67.0 cm³/mol. The molecule has 7 heteroatoms. The first-order valence-electron chi connectivity index (χ1n) is 5.81. The van der Waals surface area contributed by atoms with Gasteiger partial charge in [-0.1, -0.05) is 6.07 Å². The fourth-order valence-corrected chi connectivity index (χ4v) is 2.90. The molecule has 1 heterocycles. The van der Waals surface area contributed by atoms with Crippen LogP contribution in [0, 0.1) is 0 Å². The van der Waals surface area contributed by atoms with E-state index in [4.69, 9.17) is 18.9 Å². The van der Waals surface area contributed by atoms with Gasteiger partial charge in [0.2, 0.25) is 6.79 Å². The molecule has 0 spiro atoms. The van der Waals surface area contributed by atoms with Crippen molar-refractivity contribution in [1.29, 1.82) is 0 Å². The quantitative estimate of drug-likeness (QED) is 0.581. The van der Waals surface area contributed by atoms with Crippen molar-refractivity contribution in [2.75, 3.05) is 26.4 Å². The second-order valence-corrected chi connectivity index (χ2v) is 5.97. The van der Waals surface area contributed by atoms with Crippen LogP contribution in [0.15, 0.2) is 17.0 Å². The van der Waals surface area contributed by atoms with Gasteiger partial charge in [-0.05, 0) is 13.0 Å². The van der Waals surface area contributed by atoms with E-state index in [0.29, 0.717) is 17.9 Å². The third kappa shape index (κ3) is 3.17. The summed E-state index contributed by atoms with van der Waals surface area (Å²) in [4.78, 5) is 0.124. The van der Waals surface area contributed by atoms with Crippen LogP contribution in [-0.2, 0) is 25.9 Å². The van der Waals surface area contributed by atoms with Gasteiger partial charge >= 0.3 is 0 Å². The second kappa shape index (κ2) is 5.77. The summed E-state index contributed by atoms with van der Waals surface area (Å²) in [6.07, 6.45) is 1.14. The van der Waals surface area contributed by atoms with Crippen molar-refractivity contribution in [1.82, 2.24) is 0 Å². The molecule has 0 aliphatic carbocycles. The van der Waals surface area contributed by atoms with E-state index >= 15 is 0 Å². The fourth-order valence-electron chi connectivity index (χ4n) is 1.80. The molecule has 0 N–H and O–H groups in total. The molecule has 1 aromatic carbocycles. The van der Waals surface area contributed by atoms with E-state index in [-0.39, 0.29) is 30.8 Å². The molecule has 1 aromatic rings. The average molecular weight is 288 g/mol. The Kier molecular flexibility index (Phi) is 4.28. The summed E-state index contributed by atoms with van der Waals surface area (Å²) in [5, 5.41) is 0. The molecule has 0 saturated heterocycles. The lowest BCUT2D eigenvalue weighted by molar-refractivity contribution is -0.0577. The second-order valence-electron chi connectivity index (χ2n) is 4.02. The Morgan fingerprint density at radius 2 is 2.05 bits per heavy atom. The van der Waals surface area contributed by atoms with E-state index in [1.54, 1.807) is 12.1 Å². The van der Waals surface area contributed by atoms with E-state index in [1.165, 1.54) is 0 Å². The highest BCUT2D eigenvalue weighted by Crippen LogP contribution is 2.40. The maximum absolute atomic E-state index is 11.9. The number of ether oxygens (including phenoxy) is 4. The van der Waals surface area contributed by atoms with Crippen LogP contribution in [0.25, 0.3) is 0 Å². The van der Waals surface area contributed by atoms with Crippen molar-refractivity contribution in [3.63, 3.8) is 0 Å². The van der Waals surface area contributed by atoms with Gasteiger partial charge in [-0.15, -0.1) is 0 Å². The molecule has 0 fully saturated rings. The van der Waals surface area contributed by atoms with Crippen molar-refractivity contribution < 1.29 is 27.4 Å². The molecule has 19 heavy (non-hydrogen) atoms. The average Bonchev–Trinajstić information content (AvgIpc) is 2.80. The van der Waals surface area contributed by atoms with Gasteiger partial charge in [-0.3, -0.25) is 0 Å². The monoisotopic (exact) mass is 288 g/mol. The van der Waals surface area contributed by atoms with E-state index in [9.17, 15) is 8.42 Å². The highest BCUT2D eigenvalue weighted by molar-refractivity contribution is 7.90. The third-order valence-electron chi connectivity index (χ3n) is 2.57. The Balaban J connectivity index is 2.28. The Morgan fingerprint density at radius 3 is 2.74 bits per heavy atom. The van der Waals surface area contributed by atoms with Gasteiger partial charge in [0, 0.05) is 18.4 Å². The van der Waals surface area contributed by atoms with Gasteiger partial charge in [-0.2, -0.15) is 0 Å². The third-order valence-corrected chi connectivity index (χ3v) is 3.76. The molecule has 0 amide bonds. The number of hydrogen-bond donors (Lipinski definition) is 0. The smallest absolute Gasteiger partial charge is 0.231 e. The molecule has 1 aliphatic heterocycles. The summed E-state index contributed by atoms with van der Waals surface area (Å²) < 4.78 is 44.5. The molecule has 0 unspecified atom stereocenters. The minimum absolute atomic E-state index is 0.0289. The van der Waals surface area contributed by atoms with Gasteiger partial charge in [0.1, 0.15) is 11.7 Å². The van der Waals surface area contributed by atoms with Crippen LogP contribution < -0.4 is 9.47 Å². The number of sulfone groups is 1. The van der Waals surface area contributed by atoms with Crippen molar-refractivity contribution >= 4 is 9.84 Å². The molecule has 106 valence electrons. The van der Waals surface area contributed by atoms with Crippen LogP contribution >= 0.6 is 0 Å². The summed E-state index contributed by atoms with van der Waals surface area (Å²) in [7, 11) is -3.43. The van der Waals surface area contributed by atoms with Crippen LogP contribution in [0.3, 0.4) is 0 Å². The first-order chi connectivity index (χ1) is 9.04. The van der Waals surface area contributed by atoms with Gasteiger partial charge in [0.15, 0.2) is 21.3 Å². The van der Waals surface area contributed by atoms with Crippen molar-refractivity contribution in [2.24, 2.45) is 0 Å². The topological polar surface area (TPSA) is 71.1 Å². The highest BCUT2D eigenvalue weighted by atomic mass is 32.2. The lowest BCUT2D eigenvalue weighted by atomic mass is 10.2. The molecule has 0 aromatic heterocycles. The van der Waals surface area contributed by atoms with Gasteiger partial charge in [-0.25, -0.2) is 8.42 Å². The van der Waals surface area contributed by atoms with E-state index < -0.39 is 9.84 Å². The SMILES string of the molecule is CCOCOCc1ccc2c(c1S(C)(=O)=O)OCO2. The number of benzene rings is 1. The molecule has 1 aliphatic rings. The van der Waals surface area contributed by atoms with E-state index in [2.05, 4.69) is 0 Å². The van der Waals surface area contributed by atoms with Crippen LogP contribution in [-0.4, -0.2) is 34.9 Å². The highest BCUT2D eigenvalue weighted by Gasteiger charge is 2.27. The van der Waals surface area contributed by atoms with Crippen LogP contribution in [0.4, 0.5) is 0 Å². The normalized spacial score (nSPS) is 13.8. The lowest BCUT2D eigenvalue weighted by Gasteiger charge is -2.11. The van der Waals surface area contributed by atoms with Crippen molar-refractivity contribution in [2.45, 2.75) is 18.4 Å². The number of rotatable bonds is 6. The Bertz CT molecular complexity index is 552. The van der Waals surface area contributed by atoms with Crippen LogP contribution in [0.2, 0.25) is 0 Å². The molecular weight excluding hydrogens is 272 g/mol. The van der Waals surface area contributed by atoms with E-state index in [1.807, 2.05) is 6.92 Å². The molecule has 0 bridgehead atoms. The first-order valence-corrected chi connectivity index (χ1v) is 7.70. The van der Waals surface area contributed by atoms with Crippen molar-refractivity contribution in [3.8, 4) is 11.5 Å². The number of fused-ring (bicyclic) bond motifs is 1. The van der Waals surface area contributed by atoms with Gasteiger partial charge in [0.25, 0.3) is 0 Å². The zero-order valence-electron chi connectivity index (χ0n) is 10.8. The van der Waals surface area contributed by atoms with Crippen LogP contribution in [0.1, 0.15) is 12.5 Å². The standard InChI is InChI=1S/C12H16O6S/c1-3-15-7-16-6-9-4-5-10-11(18-8-17-10)12(9)19(2,13)14/h4-5H,3,6-8H2,1-2H3. The molecule has 0 radical (unpaired) electrons. The molecular formula is C12H16O6S. The van der Waals surface area contributed by atoms with Crippen molar-refractivity contribution in [3.05, 3.63) is 17.7 Å². The summed E-state index contributed by atoms with van der Waals surface area (Å²) in [6, 6.07) is 3.34. The van der Waals surface area contributed by atoms with E-state index in [0.717, 1.165) is 6.26 Å². The minimum Gasteiger partial charge on any atom is -0.454 e. The van der Waals surface area contributed by atoms with Gasteiger partial charge < -0.3 is 18.9 Å².